The molecule has 1 aliphatic heterocycles. The number of methoxy groups -OCH3 is 1. The first-order valence-electron chi connectivity index (χ1n) is 9.72. The summed E-state index contributed by atoms with van der Waals surface area (Å²) in [6.07, 6.45) is -11.9. The second-order valence-corrected chi connectivity index (χ2v) is 7.43. The van der Waals surface area contributed by atoms with Crippen LogP contribution < -0.4 is 0 Å². The van der Waals surface area contributed by atoms with Gasteiger partial charge in [-0.1, -0.05) is 48.5 Å². The molecule has 1 aliphatic rings. The molecule has 0 aromatic heterocycles. The lowest BCUT2D eigenvalue weighted by molar-refractivity contribution is -0.143. The van der Waals surface area contributed by atoms with E-state index < -0.39 is 41.7 Å². The number of carbonyl (C=O) groups excluding carboxylic acids is 1. The summed E-state index contributed by atoms with van der Waals surface area (Å²) in [4.78, 5) is 12.0. The lowest BCUT2D eigenvalue weighted by Gasteiger charge is -2.18. The summed E-state index contributed by atoms with van der Waals surface area (Å²) in [5.41, 5.74) is -1.54. The van der Waals surface area contributed by atoms with Crippen LogP contribution in [0.15, 0.2) is 66.7 Å². The number of alkyl halides is 6. The van der Waals surface area contributed by atoms with Gasteiger partial charge < -0.3 is 9.47 Å². The normalized spacial score (nSPS) is 18.2. The van der Waals surface area contributed by atoms with Gasteiger partial charge in [0.2, 0.25) is 0 Å². The summed E-state index contributed by atoms with van der Waals surface area (Å²) in [7, 11) is 1.16. The molecule has 2 atom stereocenters. The third kappa shape index (κ3) is 4.59. The number of hydrogen-bond donors (Lipinski definition) is 0. The molecule has 3 nitrogen and oxygen atoms in total. The first kappa shape index (κ1) is 22.8. The van der Waals surface area contributed by atoms with E-state index in [1.54, 1.807) is 36.4 Å². The van der Waals surface area contributed by atoms with E-state index in [2.05, 4.69) is 4.74 Å². The van der Waals surface area contributed by atoms with E-state index in [4.69, 9.17) is 4.74 Å². The summed E-state index contributed by atoms with van der Waals surface area (Å²) in [6, 6.07) is 14.7. The Balaban J connectivity index is 1.96. The highest BCUT2D eigenvalue weighted by atomic mass is 19.4. The van der Waals surface area contributed by atoms with Crippen molar-refractivity contribution in [1.29, 1.82) is 0 Å². The molecule has 0 aliphatic carbocycles. The topological polar surface area (TPSA) is 38.8 Å². The average Bonchev–Trinajstić information content (AvgIpc) is 3.58. The molecule has 172 valence electrons. The number of hydrogen-bond acceptors (Lipinski definition) is 3. The standard InChI is InChI=1S/C24H16F6O3/c1-32-22(31)21-20(33-21)19-17(13-6-3-2-4-7-13)8-5-9-18(19)14-10-15(23(25,26)27)12-16(11-14)24(28,29)30/h2-12,20-21H,1H3/t20-,21+/m1/s1. The van der Waals surface area contributed by atoms with Crippen molar-refractivity contribution in [3.8, 4) is 22.3 Å². The summed E-state index contributed by atoms with van der Waals surface area (Å²) in [5, 5.41) is 0. The van der Waals surface area contributed by atoms with E-state index in [0.29, 0.717) is 28.8 Å². The minimum atomic E-state index is -4.99. The van der Waals surface area contributed by atoms with Crippen LogP contribution in [0, 0.1) is 0 Å². The zero-order chi connectivity index (χ0) is 24.0. The average molecular weight is 466 g/mol. The summed E-state index contributed by atoms with van der Waals surface area (Å²) in [6.45, 7) is 0. The van der Waals surface area contributed by atoms with Gasteiger partial charge in [0.15, 0.2) is 6.10 Å². The zero-order valence-corrected chi connectivity index (χ0v) is 17.0. The monoisotopic (exact) mass is 466 g/mol. The van der Waals surface area contributed by atoms with Gasteiger partial charge in [-0.05, 0) is 46.0 Å². The summed E-state index contributed by atoms with van der Waals surface area (Å²) < 4.78 is 90.7. The van der Waals surface area contributed by atoms with Crippen LogP contribution >= 0.6 is 0 Å². The van der Waals surface area contributed by atoms with Crippen LogP contribution in [0.1, 0.15) is 22.8 Å². The molecule has 33 heavy (non-hydrogen) atoms. The first-order chi connectivity index (χ1) is 15.5. The number of rotatable bonds is 4. The van der Waals surface area contributed by atoms with Gasteiger partial charge >= 0.3 is 18.3 Å². The van der Waals surface area contributed by atoms with Crippen LogP contribution in [0.25, 0.3) is 22.3 Å². The molecule has 3 aromatic carbocycles. The van der Waals surface area contributed by atoms with Crippen molar-refractivity contribution in [2.45, 2.75) is 24.6 Å². The van der Waals surface area contributed by atoms with Crippen molar-refractivity contribution >= 4 is 5.97 Å². The fourth-order valence-corrected chi connectivity index (χ4v) is 3.73. The third-order valence-electron chi connectivity index (χ3n) is 5.30. The van der Waals surface area contributed by atoms with Gasteiger partial charge in [0.25, 0.3) is 0 Å². The molecular formula is C24H16F6O3. The number of esters is 1. The van der Waals surface area contributed by atoms with E-state index >= 15 is 0 Å². The molecule has 0 bridgehead atoms. The van der Waals surface area contributed by atoms with Crippen molar-refractivity contribution in [3.05, 3.63) is 83.4 Å². The Morgan fingerprint density at radius 2 is 1.33 bits per heavy atom. The van der Waals surface area contributed by atoms with Gasteiger partial charge in [-0.2, -0.15) is 26.3 Å². The van der Waals surface area contributed by atoms with Crippen molar-refractivity contribution in [3.63, 3.8) is 0 Å². The van der Waals surface area contributed by atoms with Gasteiger partial charge in [-0.25, -0.2) is 4.79 Å². The maximum atomic E-state index is 13.4. The molecule has 1 saturated heterocycles. The van der Waals surface area contributed by atoms with Gasteiger partial charge in [0.05, 0.1) is 18.2 Å². The quantitative estimate of drug-likeness (QED) is 0.245. The molecule has 1 fully saturated rings. The van der Waals surface area contributed by atoms with Gasteiger partial charge in [0, 0.05) is 0 Å². The van der Waals surface area contributed by atoms with Crippen LogP contribution in [0.4, 0.5) is 26.3 Å². The molecule has 0 unspecified atom stereocenters. The molecule has 1 heterocycles. The second-order valence-electron chi connectivity index (χ2n) is 7.43. The van der Waals surface area contributed by atoms with E-state index in [0.717, 1.165) is 7.11 Å². The predicted octanol–water partition coefficient (Wildman–Crippen LogP) is 6.67. The van der Waals surface area contributed by atoms with Crippen LogP contribution in [-0.2, 0) is 26.6 Å². The minimum Gasteiger partial charge on any atom is -0.467 e. The SMILES string of the molecule is COC(=O)[C@H]1O[C@@H]1c1c(-c2ccccc2)cccc1-c1cc(C(F)(F)F)cc(C(F)(F)F)c1. The van der Waals surface area contributed by atoms with Crippen LogP contribution in [0.5, 0.6) is 0 Å². The highest BCUT2D eigenvalue weighted by Gasteiger charge is 2.49. The number of benzene rings is 3. The van der Waals surface area contributed by atoms with Crippen molar-refractivity contribution in [2.24, 2.45) is 0 Å². The maximum Gasteiger partial charge on any atom is 0.416 e. The Bertz CT molecular complexity index is 1150. The molecule has 0 radical (unpaired) electrons. The second kappa shape index (κ2) is 8.22. The minimum absolute atomic E-state index is 0.0785. The number of carbonyl (C=O) groups is 1. The van der Waals surface area contributed by atoms with Crippen molar-refractivity contribution < 1.29 is 40.6 Å². The molecule has 3 aromatic rings. The van der Waals surface area contributed by atoms with Crippen molar-refractivity contribution in [2.75, 3.05) is 7.11 Å². The zero-order valence-electron chi connectivity index (χ0n) is 17.0. The molecule has 9 heteroatoms. The highest BCUT2D eigenvalue weighted by molar-refractivity contribution is 5.85. The Kier molecular flexibility index (Phi) is 5.69. The van der Waals surface area contributed by atoms with E-state index in [9.17, 15) is 31.1 Å². The predicted molar refractivity (Wildman–Crippen MR) is 107 cm³/mol. The lowest BCUT2D eigenvalue weighted by Crippen LogP contribution is -2.12. The number of ether oxygens (including phenoxy) is 2. The van der Waals surface area contributed by atoms with Crippen LogP contribution in [-0.4, -0.2) is 19.2 Å². The van der Waals surface area contributed by atoms with Gasteiger partial charge in [0.1, 0.15) is 6.10 Å². The van der Waals surface area contributed by atoms with Crippen LogP contribution in [0.3, 0.4) is 0 Å². The molecule has 0 amide bonds. The van der Waals surface area contributed by atoms with Gasteiger partial charge in [-0.3, -0.25) is 0 Å². The van der Waals surface area contributed by atoms with Gasteiger partial charge in [-0.15, -0.1) is 0 Å². The van der Waals surface area contributed by atoms with E-state index in [1.165, 1.54) is 12.1 Å². The molecule has 0 N–H and O–H groups in total. The largest absolute Gasteiger partial charge is 0.467 e. The fourth-order valence-electron chi connectivity index (χ4n) is 3.73. The van der Waals surface area contributed by atoms with Crippen LogP contribution in [0.2, 0.25) is 0 Å². The van der Waals surface area contributed by atoms with E-state index in [1.807, 2.05) is 0 Å². The molecule has 0 saturated carbocycles. The lowest BCUT2D eigenvalue weighted by atomic mass is 9.88. The maximum absolute atomic E-state index is 13.4. The van der Waals surface area contributed by atoms with E-state index in [-0.39, 0.29) is 17.2 Å². The highest BCUT2D eigenvalue weighted by Crippen LogP contribution is 2.49. The summed E-state index contributed by atoms with van der Waals surface area (Å²) in [5.74, 6) is -0.686. The Hall–Kier alpha value is -3.33. The Morgan fingerprint density at radius 1 is 0.788 bits per heavy atom. The number of halogens is 6. The molecular weight excluding hydrogens is 450 g/mol. The third-order valence-corrected chi connectivity index (χ3v) is 5.30. The van der Waals surface area contributed by atoms with Crippen molar-refractivity contribution in [1.82, 2.24) is 0 Å². The molecule has 0 spiro atoms. The Morgan fingerprint density at radius 3 is 1.85 bits per heavy atom. The smallest absolute Gasteiger partial charge is 0.416 e. The number of epoxide rings is 1. The Labute approximate surface area is 184 Å². The first-order valence-corrected chi connectivity index (χ1v) is 9.72. The fraction of sp³-hybridized carbons (Fsp3) is 0.208. The molecule has 4 rings (SSSR count). The summed E-state index contributed by atoms with van der Waals surface area (Å²) >= 11 is 0.